The van der Waals surface area contributed by atoms with Crippen molar-refractivity contribution in [2.45, 2.75) is 6.61 Å². The second-order valence-corrected chi connectivity index (χ2v) is 3.04. The number of pyridine rings is 1. The summed E-state index contributed by atoms with van der Waals surface area (Å²) in [7, 11) is 0. The summed E-state index contributed by atoms with van der Waals surface area (Å²) < 4.78 is 0. The van der Waals surface area contributed by atoms with Crippen molar-refractivity contribution >= 4 is 17.2 Å². The zero-order chi connectivity index (χ0) is 9.97. The van der Waals surface area contributed by atoms with Crippen LogP contribution in [0, 0.1) is 0 Å². The number of hydrogen-bond donors (Lipinski definition) is 1. The van der Waals surface area contributed by atoms with Gasteiger partial charge in [-0.15, -0.1) is 0 Å². The van der Waals surface area contributed by atoms with Crippen LogP contribution in [0.5, 0.6) is 0 Å². The quantitative estimate of drug-likeness (QED) is 0.725. The Labute approximate surface area is 81.0 Å². The molecule has 2 aromatic rings. The molecule has 0 fully saturated rings. The molecule has 0 aliphatic carbocycles. The van der Waals surface area contributed by atoms with Crippen molar-refractivity contribution in [2.24, 2.45) is 0 Å². The summed E-state index contributed by atoms with van der Waals surface area (Å²) in [6.45, 7) is 0.0192. The van der Waals surface area contributed by atoms with Gasteiger partial charge in [-0.25, -0.2) is 4.98 Å². The molecule has 0 spiro atoms. The van der Waals surface area contributed by atoms with Crippen molar-refractivity contribution in [3.63, 3.8) is 0 Å². The molecule has 2 rings (SSSR count). The third kappa shape index (κ3) is 1.49. The van der Waals surface area contributed by atoms with Crippen LogP contribution < -0.4 is 0 Å². The van der Waals surface area contributed by atoms with Crippen LogP contribution in [0.15, 0.2) is 30.3 Å². The van der Waals surface area contributed by atoms with Crippen molar-refractivity contribution in [1.29, 1.82) is 0 Å². The molecule has 70 valence electrons. The number of aliphatic hydroxyl groups excluding tert-OH is 1. The summed E-state index contributed by atoms with van der Waals surface area (Å²) in [5.41, 5.74) is 2.04. The molecule has 1 N–H and O–H groups in total. The number of nitrogens with zero attached hydrogens (tertiary/aromatic N) is 1. The van der Waals surface area contributed by atoms with E-state index in [0.29, 0.717) is 5.69 Å². The van der Waals surface area contributed by atoms with Crippen LogP contribution in [0.25, 0.3) is 10.9 Å². The molecule has 0 aliphatic heterocycles. The number of rotatable bonds is 2. The highest BCUT2D eigenvalue weighted by atomic mass is 16.3. The highest BCUT2D eigenvalue weighted by molar-refractivity contribution is 5.83. The first-order valence-corrected chi connectivity index (χ1v) is 4.29. The van der Waals surface area contributed by atoms with E-state index in [1.807, 2.05) is 12.1 Å². The zero-order valence-electron chi connectivity index (χ0n) is 7.47. The van der Waals surface area contributed by atoms with Crippen molar-refractivity contribution in [3.05, 3.63) is 41.6 Å². The number of fused-ring (bicyclic) bond motifs is 1. The zero-order valence-corrected chi connectivity index (χ0v) is 7.47. The monoisotopic (exact) mass is 187 g/mol. The number of aldehydes is 1. The SMILES string of the molecule is O=Cc1ccc2cc(CO)ccc2n1. The molecule has 0 aliphatic rings. The predicted octanol–water partition coefficient (Wildman–Crippen LogP) is 1.54. The lowest BCUT2D eigenvalue weighted by molar-refractivity contribution is 0.111. The van der Waals surface area contributed by atoms with Gasteiger partial charge in [0.1, 0.15) is 5.69 Å². The Morgan fingerprint density at radius 2 is 2.14 bits per heavy atom. The van der Waals surface area contributed by atoms with Gasteiger partial charge in [-0.1, -0.05) is 12.1 Å². The van der Waals surface area contributed by atoms with E-state index < -0.39 is 0 Å². The molecule has 1 aromatic heterocycles. The van der Waals surface area contributed by atoms with Gasteiger partial charge in [0.15, 0.2) is 6.29 Å². The van der Waals surface area contributed by atoms with E-state index >= 15 is 0 Å². The molecule has 3 heteroatoms. The molecular formula is C11H9NO2. The van der Waals surface area contributed by atoms with Gasteiger partial charge in [-0.05, 0) is 23.8 Å². The molecule has 0 saturated heterocycles. The van der Waals surface area contributed by atoms with Gasteiger partial charge in [-0.3, -0.25) is 4.79 Å². The minimum atomic E-state index is 0.0192. The summed E-state index contributed by atoms with van der Waals surface area (Å²) >= 11 is 0. The molecule has 0 amide bonds. The van der Waals surface area contributed by atoms with Crippen LogP contribution in [0.4, 0.5) is 0 Å². The Hall–Kier alpha value is -1.74. The molecule has 0 saturated carbocycles. The van der Waals surface area contributed by atoms with Gasteiger partial charge >= 0.3 is 0 Å². The second-order valence-electron chi connectivity index (χ2n) is 3.04. The number of benzene rings is 1. The van der Waals surface area contributed by atoms with E-state index in [1.54, 1.807) is 18.2 Å². The Morgan fingerprint density at radius 3 is 2.86 bits per heavy atom. The molecular weight excluding hydrogens is 178 g/mol. The van der Waals surface area contributed by atoms with Gasteiger partial charge in [-0.2, -0.15) is 0 Å². The lowest BCUT2D eigenvalue weighted by Gasteiger charge is -2.00. The smallest absolute Gasteiger partial charge is 0.168 e. The highest BCUT2D eigenvalue weighted by Gasteiger charge is 1.98. The van der Waals surface area contributed by atoms with E-state index in [2.05, 4.69) is 4.98 Å². The van der Waals surface area contributed by atoms with E-state index in [9.17, 15) is 4.79 Å². The molecule has 0 unspecified atom stereocenters. The minimum Gasteiger partial charge on any atom is -0.392 e. The summed E-state index contributed by atoms with van der Waals surface area (Å²) in [6, 6.07) is 8.94. The molecule has 1 aromatic carbocycles. The van der Waals surface area contributed by atoms with Gasteiger partial charge in [0.05, 0.1) is 12.1 Å². The van der Waals surface area contributed by atoms with Crippen LogP contribution >= 0.6 is 0 Å². The fraction of sp³-hybridized carbons (Fsp3) is 0.0909. The maximum absolute atomic E-state index is 10.5. The summed E-state index contributed by atoms with van der Waals surface area (Å²) in [5, 5.41) is 9.85. The van der Waals surface area contributed by atoms with E-state index in [4.69, 9.17) is 5.11 Å². The topological polar surface area (TPSA) is 50.2 Å². The molecule has 0 radical (unpaired) electrons. The fourth-order valence-corrected chi connectivity index (χ4v) is 1.35. The van der Waals surface area contributed by atoms with Crippen LogP contribution in [-0.2, 0) is 6.61 Å². The van der Waals surface area contributed by atoms with E-state index in [1.165, 1.54) is 0 Å². The van der Waals surface area contributed by atoms with Gasteiger partial charge < -0.3 is 5.11 Å². The van der Waals surface area contributed by atoms with Crippen LogP contribution in [0.1, 0.15) is 16.1 Å². The summed E-state index contributed by atoms with van der Waals surface area (Å²) in [5.74, 6) is 0. The van der Waals surface area contributed by atoms with Crippen molar-refractivity contribution in [2.75, 3.05) is 0 Å². The Morgan fingerprint density at radius 1 is 1.29 bits per heavy atom. The van der Waals surface area contributed by atoms with Crippen LogP contribution in [0.2, 0.25) is 0 Å². The maximum Gasteiger partial charge on any atom is 0.168 e. The fourth-order valence-electron chi connectivity index (χ4n) is 1.35. The third-order valence-electron chi connectivity index (χ3n) is 2.08. The molecule has 14 heavy (non-hydrogen) atoms. The number of aliphatic hydroxyl groups is 1. The first-order valence-electron chi connectivity index (χ1n) is 4.29. The number of aromatic nitrogens is 1. The average molecular weight is 187 g/mol. The minimum absolute atomic E-state index is 0.0192. The van der Waals surface area contributed by atoms with Gasteiger partial charge in [0.25, 0.3) is 0 Å². The Bertz CT molecular complexity index is 480. The average Bonchev–Trinajstić information content (AvgIpc) is 2.27. The Balaban J connectivity index is 2.63. The Kier molecular flexibility index (Phi) is 2.24. The standard InChI is InChI=1S/C11H9NO2/c13-6-8-1-4-11-9(5-8)2-3-10(7-14)12-11/h1-5,7,13H,6H2. The number of hydrogen-bond acceptors (Lipinski definition) is 3. The van der Waals surface area contributed by atoms with Crippen molar-refractivity contribution in [1.82, 2.24) is 4.98 Å². The van der Waals surface area contributed by atoms with Crippen molar-refractivity contribution < 1.29 is 9.90 Å². The van der Waals surface area contributed by atoms with E-state index in [-0.39, 0.29) is 6.61 Å². The normalized spacial score (nSPS) is 10.4. The van der Waals surface area contributed by atoms with Crippen LogP contribution in [-0.4, -0.2) is 16.4 Å². The predicted molar refractivity (Wildman–Crippen MR) is 53.1 cm³/mol. The lowest BCUT2D eigenvalue weighted by atomic mass is 10.1. The lowest BCUT2D eigenvalue weighted by Crippen LogP contribution is -1.89. The maximum atomic E-state index is 10.5. The van der Waals surface area contributed by atoms with E-state index in [0.717, 1.165) is 22.8 Å². The number of carbonyl (C=O) groups is 1. The van der Waals surface area contributed by atoms with Crippen LogP contribution in [0.3, 0.4) is 0 Å². The molecule has 3 nitrogen and oxygen atoms in total. The van der Waals surface area contributed by atoms with Crippen molar-refractivity contribution in [3.8, 4) is 0 Å². The largest absolute Gasteiger partial charge is 0.392 e. The van der Waals surface area contributed by atoms with Gasteiger partial charge in [0.2, 0.25) is 0 Å². The van der Waals surface area contributed by atoms with Gasteiger partial charge in [0, 0.05) is 5.39 Å². The molecule has 1 heterocycles. The second kappa shape index (κ2) is 3.55. The summed E-state index contributed by atoms with van der Waals surface area (Å²) in [6.07, 6.45) is 0.722. The summed E-state index contributed by atoms with van der Waals surface area (Å²) in [4.78, 5) is 14.6. The molecule has 0 bridgehead atoms. The molecule has 0 atom stereocenters. The first kappa shape index (κ1) is 8.84. The third-order valence-corrected chi connectivity index (χ3v) is 2.08. The first-order chi connectivity index (χ1) is 6.83. The number of carbonyl (C=O) groups excluding carboxylic acids is 1. The highest BCUT2D eigenvalue weighted by Crippen LogP contribution is 2.14.